The maximum atomic E-state index is 12.2. The van der Waals surface area contributed by atoms with Crippen molar-refractivity contribution in [2.75, 3.05) is 42.9 Å². The van der Waals surface area contributed by atoms with Gasteiger partial charge in [-0.05, 0) is 24.3 Å². The van der Waals surface area contributed by atoms with Gasteiger partial charge in [0.1, 0.15) is 0 Å². The van der Waals surface area contributed by atoms with Crippen LogP contribution < -0.4 is 10.2 Å². The Balaban J connectivity index is 1.51. The molecule has 1 aliphatic rings. The SMILES string of the molecule is O=C(CN1CCN(c2ncccn2)CC1)Nc1cc(Cl)ccc1Cl. The molecule has 126 valence electrons. The van der Waals surface area contributed by atoms with E-state index in [4.69, 9.17) is 23.2 Å². The minimum Gasteiger partial charge on any atom is -0.338 e. The second-order valence-electron chi connectivity index (χ2n) is 5.48. The lowest BCUT2D eigenvalue weighted by Gasteiger charge is -2.34. The van der Waals surface area contributed by atoms with Gasteiger partial charge in [-0.1, -0.05) is 23.2 Å². The highest BCUT2D eigenvalue weighted by molar-refractivity contribution is 6.35. The first-order valence-electron chi connectivity index (χ1n) is 7.61. The Morgan fingerprint density at radius 3 is 2.54 bits per heavy atom. The van der Waals surface area contributed by atoms with E-state index in [1.165, 1.54) is 0 Å². The highest BCUT2D eigenvalue weighted by Crippen LogP contribution is 2.25. The predicted molar refractivity (Wildman–Crippen MR) is 95.8 cm³/mol. The number of hydrogen-bond acceptors (Lipinski definition) is 5. The Morgan fingerprint density at radius 2 is 1.83 bits per heavy atom. The number of benzene rings is 1. The molecule has 0 unspecified atom stereocenters. The van der Waals surface area contributed by atoms with Crippen LogP contribution in [0.4, 0.5) is 11.6 Å². The van der Waals surface area contributed by atoms with Gasteiger partial charge in [-0.25, -0.2) is 9.97 Å². The van der Waals surface area contributed by atoms with Crippen molar-refractivity contribution in [2.24, 2.45) is 0 Å². The van der Waals surface area contributed by atoms with Crippen molar-refractivity contribution in [3.63, 3.8) is 0 Å². The van der Waals surface area contributed by atoms with Gasteiger partial charge in [0, 0.05) is 43.6 Å². The molecule has 0 aliphatic carbocycles. The number of anilines is 2. The number of amides is 1. The Labute approximate surface area is 150 Å². The van der Waals surface area contributed by atoms with E-state index in [1.807, 2.05) is 0 Å². The standard InChI is InChI=1S/C16H17Cl2N5O/c17-12-2-3-13(18)14(10-12)21-15(24)11-22-6-8-23(9-7-22)16-19-4-1-5-20-16/h1-5,10H,6-9,11H2,(H,21,24). The Bertz CT molecular complexity index is 705. The van der Waals surface area contributed by atoms with Crippen LogP contribution in [0.3, 0.4) is 0 Å². The second kappa shape index (κ2) is 7.79. The van der Waals surface area contributed by atoms with Crippen LogP contribution in [0.25, 0.3) is 0 Å². The van der Waals surface area contributed by atoms with E-state index in [2.05, 4.69) is 25.1 Å². The van der Waals surface area contributed by atoms with Crippen molar-refractivity contribution in [1.82, 2.24) is 14.9 Å². The molecule has 1 amide bonds. The molecule has 6 nitrogen and oxygen atoms in total. The lowest BCUT2D eigenvalue weighted by Crippen LogP contribution is -2.49. The number of piperazine rings is 1. The minimum absolute atomic E-state index is 0.108. The number of halogens is 2. The summed E-state index contributed by atoms with van der Waals surface area (Å²) < 4.78 is 0. The molecule has 1 N–H and O–H groups in total. The number of hydrogen-bond donors (Lipinski definition) is 1. The molecular formula is C16H17Cl2N5O. The summed E-state index contributed by atoms with van der Waals surface area (Å²) in [6.45, 7) is 3.43. The van der Waals surface area contributed by atoms with E-state index in [-0.39, 0.29) is 5.91 Å². The third-order valence-corrected chi connectivity index (χ3v) is 4.34. The zero-order valence-electron chi connectivity index (χ0n) is 13.0. The van der Waals surface area contributed by atoms with Crippen molar-refractivity contribution in [3.8, 4) is 0 Å². The van der Waals surface area contributed by atoms with Crippen LogP contribution in [0.2, 0.25) is 10.0 Å². The van der Waals surface area contributed by atoms with E-state index in [9.17, 15) is 4.79 Å². The molecule has 0 spiro atoms. The van der Waals surface area contributed by atoms with Crippen LogP contribution in [0.1, 0.15) is 0 Å². The summed E-state index contributed by atoms with van der Waals surface area (Å²) in [5.41, 5.74) is 0.533. The second-order valence-corrected chi connectivity index (χ2v) is 6.33. The molecule has 3 rings (SSSR count). The van der Waals surface area contributed by atoms with Gasteiger partial charge >= 0.3 is 0 Å². The fourth-order valence-electron chi connectivity index (χ4n) is 2.55. The number of carbonyl (C=O) groups is 1. The molecular weight excluding hydrogens is 349 g/mol. The highest BCUT2D eigenvalue weighted by atomic mass is 35.5. The van der Waals surface area contributed by atoms with Crippen LogP contribution in [0, 0.1) is 0 Å². The first kappa shape index (κ1) is 17.0. The van der Waals surface area contributed by atoms with Gasteiger partial charge in [-0.15, -0.1) is 0 Å². The molecule has 24 heavy (non-hydrogen) atoms. The number of rotatable bonds is 4. The van der Waals surface area contributed by atoms with E-state index in [0.29, 0.717) is 22.3 Å². The molecule has 1 aromatic heterocycles. The summed E-state index contributed by atoms with van der Waals surface area (Å²) in [5, 5.41) is 3.81. The normalized spacial score (nSPS) is 15.3. The molecule has 1 aromatic carbocycles. The summed E-state index contributed by atoms with van der Waals surface area (Å²) in [6, 6.07) is 6.79. The number of carbonyl (C=O) groups excluding carboxylic acids is 1. The molecule has 0 bridgehead atoms. The summed E-state index contributed by atoms with van der Waals surface area (Å²) >= 11 is 12.0. The van der Waals surface area contributed by atoms with Gasteiger partial charge in [0.25, 0.3) is 0 Å². The van der Waals surface area contributed by atoms with Gasteiger partial charge in [0.2, 0.25) is 11.9 Å². The van der Waals surface area contributed by atoms with Gasteiger partial charge < -0.3 is 10.2 Å². The van der Waals surface area contributed by atoms with Crippen LogP contribution in [-0.2, 0) is 4.79 Å². The van der Waals surface area contributed by atoms with E-state index in [0.717, 1.165) is 32.1 Å². The van der Waals surface area contributed by atoms with Gasteiger partial charge in [0.15, 0.2) is 0 Å². The molecule has 0 saturated carbocycles. The van der Waals surface area contributed by atoms with Crippen LogP contribution in [0.5, 0.6) is 0 Å². The van der Waals surface area contributed by atoms with Gasteiger partial charge in [0.05, 0.1) is 17.3 Å². The molecule has 1 aliphatic heterocycles. The van der Waals surface area contributed by atoms with Crippen molar-refractivity contribution in [2.45, 2.75) is 0 Å². The van der Waals surface area contributed by atoms with E-state index in [1.54, 1.807) is 36.7 Å². The Kier molecular flexibility index (Phi) is 5.50. The Hall–Kier alpha value is -1.89. The number of aromatic nitrogens is 2. The maximum Gasteiger partial charge on any atom is 0.238 e. The maximum absolute atomic E-state index is 12.2. The highest BCUT2D eigenvalue weighted by Gasteiger charge is 2.20. The van der Waals surface area contributed by atoms with E-state index < -0.39 is 0 Å². The number of nitrogens with zero attached hydrogens (tertiary/aromatic N) is 4. The summed E-state index contributed by atoms with van der Waals surface area (Å²) in [4.78, 5) is 24.9. The molecule has 2 heterocycles. The van der Waals surface area contributed by atoms with E-state index >= 15 is 0 Å². The summed E-state index contributed by atoms with van der Waals surface area (Å²) in [5.74, 6) is 0.621. The molecule has 8 heteroatoms. The van der Waals surface area contributed by atoms with Crippen molar-refractivity contribution in [3.05, 3.63) is 46.7 Å². The third kappa shape index (κ3) is 4.35. The molecule has 1 saturated heterocycles. The summed E-state index contributed by atoms with van der Waals surface area (Å²) in [6.07, 6.45) is 3.47. The molecule has 2 aromatic rings. The van der Waals surface area contributed by atoms with Crippen LogP contribution in [-0.4, -0.2) is 53.5 Å². The monoisotopic (exact) mass is 365 g/mol. The quantitative estimate of drug-likeness (QED) is 0.901. The van der Waals surface area contributed by atoms with Crippen molar-refractivity contribution < 1.29 is 4.79 Å². The van der Waals surface area contributed by atoms with Gasteiger partial charge in [-0.2, -0.15) is 0 Å². The van der Waals surface area contributed by atoms with Crippen LogP contribution in [0.15, 0.2) is 36.7 Å². The minimum atomic E-state index is -0.108. The lowest BCUT2D eigenvalue weighted by atomic mass is 10.3. The lowest BCUT2D eigenvalue weighted by molar-refractivity contribution is -0.117. The average molecular weight is 366 g/mol. The largest absolute Gasteiger partial charge is 0.338 e. The fraction of sp³-hybridized carbons (Fsp3) is 0.312. The fourth-order valence-corrected chi connectivity index (χ4v) is 2.88. The first-order valence-corrected chi connectivity index (χ1v) is 8.36. The predicted octanol–water partition coefficient (Wildman–Crippen LogP) is 2.54. The van der Waals surface area contributed by atoms with Gasteiger partial charge in [-0.3, -0.25) is 9.69 Å². The average Bonchev–Trinajstić information content (AvgIpc) is 2.59. The first-order chi connectivity index (χ1) is 11.6. The zero-order chi connectivity index (χ0) is 16.9. The smallest absolute Gasteiger partial charge is 0.238 e. The van der Waals surface area contributed by atoms with Crippen LogP contribution >= 0.6 is 23.2 Å². The van der Waals surface area contributed by atoms with Crippen molar-refractivity contribution in [1.29, 1.82) is 0 Å². The third-order valence-electron chi connectivity index (χ3n) is 3.78. The zero-order valence-corrected chi connectivity index (χ0v) is 14.5. The summed E-state index contributed by atoms with van der Waals surface area (Å²) in [7, 11) is 0. The Morgan fingerprint density at radius 1 is 1.12 bits per heavy atom. The topological polar surface area (TPSA) is 61.4 Å². The molecule has 0 radical (unpaired) electrons. The number of nitrogens with one attached hydrogen (secondary N) is 1. The molecule has 0 atom stereocenters. The van der Waals surface area contributed by atoms with Crippen molar-refractivity contribution >= 4 is 40.7 Å². The molecule has 1 fully saturated rings.